The maximum atomic E-state index is 13.3. The molecule has 1 unspecified atom stereocenters. The van der Waals surface area contributed by atoms with E-state index in [1.165, 1.54) is 12.1 Å². The number of nitrogens with zero attached hydrogens (tertiary/aromatic N) is 4. The third-order valence-corrected chi connectivity index (χ3v) is 5.99. The molecule has 0 aliphatic carbocycles. The first-order valence-electron chi connectivity index (χ1n) is 11.4. The molecule has 1 aliphatic rings. The number of piperazine rings is 1. The van der Waals surface area contributed by atoms with E-state index in [1.54, 1.807) is 16.7 Å². The second kappa shape index (κ2) is 9.15. The van der Waals surface area contributed by atoms with Gasteiger partial charge in [0.1, 0.15) is 17.2 Å². The minimum Gasteiger partial charge on any atom is -0.493 e. The first-order valence-corrected chi connectivity index (χ1v) is 11.4. The topological polar surface area (TPSA) is 98.5 Å². The van der Waals surface area contributed by atoms with Crippen molar-refractivity contribution in [2.45, 2.75) is 51.7 Å². The summed E-state index contributed by atoms with van der Waals surface area (Å²) in [5.74, 6) is 1.00. The van der Waals surface area contributed by atoms with Crippen LogP contribution in [0.1, 0.15) is 39.3 Å². The van der Waals surface area contributed by atoms with Crippen molar-refractivity contribution >= 4 is 22.7 Å². The van der Waals surface area contributed by atoms with Crippen LogP contribution in [0.4, 0.5) is 16.2 Å². The number of rotatable bonds is 7. The van der Waals surface area contributed by atoms with E-state index in [-0.39, 0.29) is 30.4 Å². The highest BCUT2D eigenvalue weighted by Gasteiger charge is 2.27. The average Bonchev–Trinajstić information content (AvgIpc) is 3.12. The van der Waals surface area contributed by atoms with Gasteiger partial charge < -0.3 is 30.3 Å². The number of anilines is 2. The summed E-state index contributed by atoms with van der Waals surface area (Å²) in [4.78, 5) is 11.6. The number of hydrogen-bond acceptors (Lipinski definition) is 7. The lowest BCUT2D eigenvalue weighted by Gasteiger charge is -2.33. The Bertz CT molecular complexity index is 1110. The normalized spacial score (nSPS) is 17.2. The molecule has 2 aromatic heterocycles. The summed E-state index contributed by atoms with van der Waals surface area (Å²) < 4.78 is 15.1. The maximum absolute atomic E-state index is 13.3. The number of nitrogens with one attached hydrogen (secondary N) is 2. The van der Waals surface area contributed by atoms with E-state index in [1.807, 2.05) is 24.9 Å². The molecule has 0 spiro atoms. The van der Waals surface area contributed by atoms with E-state index in [0.717, 1.165) is 10.9 Å². The van der Waals surface area contributed by atoms with Gasteiger partial charge in [0.25, 0.3) is 0 Å². The Morgan fingerprint density at radius 2 is 1.97 bits per heavy atom. The van der Waals surface area contributed by atoms with Crippen molar-refractivity contribution in [1.29, 1.82) is 0 Å². The van der Waals surface area contributed by atoms with Crippen LogP contribution >= 0.6 is 0 Å². The van der Waals surface area contributed by atoms with Gasteiger partial charge in [0, 0.05) is 43.5 Å². The Kier molecular flexibility index (Phi) is 6.45. The van der Waals surface area contributed by atoms with Crippen molar-refractivity contribution in [3.05, 3.63) is 41.8 Å². The molecule has 1 fully saturated rings. The molecule has 1 saturated heterocycles. The lowest BCUT2D eigenvalue weighted by atomic mass is 9.95. The van der Waals surface area contributed by atoms with Gasteiger partial charge in [-0.15, -0.1) is 0 Å². The summed E-state index contributed by atoms with van der Waals surface area (Å²) in [5.41, 5.74) is 1.10. The van der Waals surface area contributed by atoms with E-state index in [2.05, 4.69) is 24.5 Å². The zero-order chi connectivity index (χ0) is 23.8. The highest BCUT2D eigenvalue weighted by molar-refractivity contribution is 5.94. The number of aliphatic hydroxyl groups excluding tert-OH is 1. The number of aliphatic hydroxyl groups is 1. The molecule has 0 bridgehead atoms. The van der Waals surface area contributed by atoms with E-state index >= 15 is 0 Å². The number of aromatic nitrogens is 3. The average molecular weight is 457 g/mol. The Morgan fingerprint density at radius 3 is 2.64 bits per heavy atom. The molecule has 8 nitrogen and oxygen atoms in total. The molecule has 1 aliphatic heterocycles. The van der Waals surface area contributed by atoms with Crippen molar-refractivity contribution in [3.8, 4) is 5.88 Å². The van der Waals surface area contributed by atoms with E-state index < -0.39 is 5.54 Å². The molecule has 0 radical (unpaired) electrons. The molecule has 0 amide bonds. The number of halogens is 1. The van der Waals surface area contributed by atoms with Crippen molar-refractivity contribution < 1.29 is 14.6 Å². The molecule has 4 N–H and O–H groups in total. The fourth-order valence-electron chi connectivity index (χ4n) is 4.31. The molecule has 33 heavy (non-hydrogen) atoms. The first kappa shape index (κ1) is 23.3. The van der Waals surface area contributed by atoms with Gasteiger partial charge in [-0.3, -0.25) is 0 Å². The molecule has 1 atom stereocenters. The fraction of sp³-hybridized carbons (Fsp3) is 0.500. The van der Waals surface area contributed by atoms with Crippen LogP contribution in [0.5, 0.6) is 5.88 Å². The zero-order valence-corrected chi connectivity index (χ0v) is 19.6. The van der Waals surface area contributed by atoms with Crippen LogP contribution in [-0.4, -0.2) is 62.6 Å². The highest BCUT2D eigenvalue weighted by Crippen LogP contribution is 2.35. The summed E-state index contributed by atoms with van der Waals surface area (Å²) in [6.45, 7) is 10.2. The predicted molar refractivity (Wildman–Crippen MR) is 128 cm³/mol. The Balaban J connectivity index is 1.73. The van der Waals surface area contributed by atoms with Crippen LogP contribution in [0.25, 0.3) is 10.9 Å². The maximum Gasteiger partial charge on any atom is 0.228 e. The number of benzene rings is 1. The molecule has 9 heteroatoms. The monoisotopic (exact) mass is 456 g/mol. The fourth-order valence-corrected chi connectivity index (χ4v) is 4.31. The molecular weight excluding hydrogens is 423 g/mol. The molecule has 178 valence electrons. The standard InChI is InChI=1S/C24H33FN6O2/c1-15(2)31-13-19-20(22(31)33)27-23(30-10-9-26-18(12-30)14-32)28-21(19)29-24(3,4)11-16-5-7-17(25)8-6-16/h5-8,13,15,18,26,32-33H,9-12,14H2,1-4H3,(H,27,28,29). The third kappa shape index (κ3) is 5.04. The number of fused-ring (bicyclic) bond motifs is 1. The lowest BCUT2D eigenvalue weighted by Crippen LogP contribution is -2.52. The van der Waals surface area contributed by atoms with E-state index in [0.29, 0.717) is 43.3 Å². The quantitative estimate of drug-likeness (QED) is 0.434. The van der Waals surface area contributed by atoms with Crippen molar-refractivity contribution in [2.75, 3.05) is 36.5 Å². The van der Waals surface area contributed by atoms with Crippen LogP contribution < -0.4 is 15.5 Å². The Labute approximate surface area is 193 Å². The Morgan fingerprint density at radius 1 is 1.24 bits per heavy atom. The smallest absolute Gasteiger partial charge is 0.228 e. The number of hydrogen-bond donors (Lipinski definition) is 4. The minimum absolute atomic E-state index is 0.0313. The molecule has 3 aromatic rings. The van der Waals surface area contributed by atoms with Gasteiger partial charge >= 0.3 is 0 Å². The summed E-state index contributed by atoms with van der Waals surface area (Å²) in [6.07, 6.45) is 2.54. The summed E-state index contributed by atoms with van der Waals surface area (Å²) in [5, 5.41) is 28.1. The highest BCUT2D eigenvalue weighted by atomic mass is 19.1. The summed E-state index contributed by atoms with van der Waals surface area (Å²) in [7, 11) is 0. The first-order chi connectivity index (χ1) is 15.7. The lowest BCUT2D eigenvalue weighted by molar-refractivity contribution is 0.235. The van der Waals surface area contributed by atoms with Gasteiger partial charge in [0.2, 0.25) is 11.8 Å². The second-order valence-electron chi connectivity index (χ2n) is 9.68. The van der Waals surface area contributed by atoms with Gasteiger partial charge in [-0.25, -0.2) is 9.37 Å². The van der Waals surface area contributed by atoms with E-state index in [9.17, 15) is 14.6 Å². The SMILES string of the molecule is CC(C)n1cc2c(NC(C)(C)Cc3ccc(F)cc3)nc(N3CCNC(CO)C3)nc2c1O. The minimum atomic E-state index is -0.400. The molecule has 3 heterocycles. The van der Waals surface area contributed by atoms with Crippen LogP contribution in [0.2, 0.25) is 0 Å². The van der Waals surface area contributed by atoms with Crippen LogP contribution in [0, 0.1) is 5.82 Å². The molecule has 1 aromatic carbocycles. The van der Waals surface area contributed by atoms with Gasteiger partial charge in [-0.1, -0.05) is 12.1 Å². The largest absolute Gasteiger partial charge is 0.493 e. The van der Waals surface area contributed by atoms with Gasteiger partial charge in [0.05, 0.1) is 12.0 Å². The van der Waals surface area contributed by atoms with Crippen LogP contribution in [0.15, 0.2) is 30.5 Å². The van der Waals surface area contributed by atoms with Crippen molar-refractivity contribution in [3.63, 3.8) is 0 Å². The number of aromatic hydroxyl groups is 1. The van der Waals surface area contributed by atoms with Gasteiger partial charge in [-0.05, 0) is 51.8 Å². The molecule has 4 rings (SSSR count). The predicted octanol–water partition coefficient (Wildman–Crippen LogP) is 3.06. The van der Waals surface area contributed by atoms with Gasteiger partial charge in [-0.2, -0.15) is 4.98 Å². The van der Waals surface area contributed by atoms with Gasteiger partial charge in [0.15, 0.2) is 0 Å². The van der Waals surface area contributed by atoms with E-state index in [4.69, 9.17) is 9.97 Å². The third-order valence-electron chi connectivity index (χ3n) is 5.99. The second-order valence-corrected chi connectivity index (χ2v) is 9.68. The molecular formula is C24H33FN6O2. The zero-order valence-electron chi connectivity index (χ0n) is 19.6. The molecule has 0 saturated carbocycles. The Hall–Kier alpha value is -2.91. The summed E-state index contributed by atoms with van der Waals surface area (Å²) >= 11 is 0. The van der Waals surface area contributed by atoms with Crippen molar-refractivity contribution in [2.24, 2.45) is 0 Å². The van der Waals surface area contributed by atoms with Crippen LogP contribution in [-0.2, 0) is 6.42 Å². The van der Waals surface area contributed by atoms with Crippen LogP contribution in [0.3, 0.4) is 0 Å². The summed E-state index contributed by atoms with van der Waals surface area (Å²) in [6, 6.07) is 6.51. The van der Waals surface area contributed by atoms with Crippen molar-refractivity contribution in [1.82, 2.24) is 19.9 Å².